The lowest BCUT2D eigenvalue weighted by molar-refractivity contribution is -0.114. The highest BCUT2D eigenvalue weighted by molar-refractivity contribution is 6.34. The summed E-state index contributed by atoms with van der Waals surface area (Å²) in [5.41, 5.74) is 2.12. The molecule has 0 aliphatic carbocycles. The highest BCUT2D eigenvalue weighted by Gasteiger charge is 2.28. The fraction of sp³-hybridized carbons (Fsp3) is 0.391. The zero-order valence-electron chi connectivity index (χ0n) is 17.7. The zero-order chi connectivity index (χ0) is 21.7. The second kappa shape index (κ2) is 9.96. The predicted octanol–water partition coefficient (Wildman–Crippen LogP) is 4.04. The molecule has 1 N–H and O–H groups in total. The molecule has 2 aromatic carbocycles. The number of carbonyl (C=O) groups excluding carboxylic acids is 2. The van der Waals surface area contributed by atoms with Crippen LogP contribution in [0.2, 0.25) is 5.02 Å². The van der Waals surface area contributed by atoms with E-state index < -0.39 is 0 Å². The summed E-state index contributed by atoms with van der Waals surface area (Å²) in [5, 5.41) is 2.96. The van der Waals surface area contributed by atoms with Crippen LogP contribution in [-0.4, -0.2) is 54.9 Å². The minimum atomic E-state index is -0.239. The van der Waals surface area contributed by atoms with E-state index in [0.29, 0.717) is 22.0 Å². The van der Waals surface area contributed by atoms with Gasteiger partial charge in [-0.05, 0) is 24.5 Å². The van der Waals surface area contributed by atoms with E-state index in [1.165, 1.54) is 19.6 Å². The molecule has 1 heterocycles. The number of halogens is 1. The Balaban J connectivity index is 1.66. The van der Waals surface area contributed by atoms with Crippen molar-refractivity contribution in [1.82, 2.24) is 9.80 Å². The van der Waals surface area contributed by atoms with Crippen LogP contribution in [0.5, 0.6) is 5.75 Å². The van der Waals surface area contributed by atoms with E-state index in [1.807, 2.05) is 13.1 Å². The quantitative estimate of drug-likeness (QED) is 0.752. The molecular weight excluding hydrogens is 402 g/mol. The van der Waals surface area contributed by atoms with Crippen LogP contribution in [0.1, 0.15) is 35.7 Å². The van der Waals surface area contributed by atoms with Gasteiger partial charge in [0.05, 0.1) is 23.4 Å². The van der Waals surface area contributed by atoms with Gasteiger partial charge >= 0.3 is 0 Å². The number of carbonyl (C=O) groups is 2. The maximum atomic E-state index is 13.2. The van der Waals surface area contributed by atoms with Crippen LogP contribution in [0.3, 0.4) is 0 Å². The molecule has 1 aliphatic heterocycles. The molecule has 0 atom stereocenters. The van der Waals surface area contributed by atoms with Crippen molar-refractivity contribution >= 4 is 29.1 Å². The molecule has 2 aromatic rings. The van der Waals surface area contributed by atoms with Crippen molar-refractivity contribution in [3.63, 3.8) is 0 Å². The van der Waals surface area contributed by atoms with Crippen molar-refractivity contribution < 1.29 is 14.3 Å². The number of likely N-dealkylation sites (tertiary alicyclic amines) is 1. The van der Waals surface area contributed by atoms with Crippen molar-refractivity contribution in [1.29, 1.82) is 0 Å². The van der Waals surface area contributed by atoms with E-state index >= 15 is 0 Å². The van der Waals surface area contributed by atoms with Crippen LogP contribution in [0.15, 0.2) is 42.5 Å². The maximum absolute atomic E-state index is 13.2. The third-order valence-electron chi connectivity index (χ3n) is 5.50. The molecule has 1 aliphatic rings. The molecule has 0 bridgehead atoms. The molecule has 3 rings (SSSR count). The SMILES string of the molecule is COc1cc(NC(C)=O)c(Cl)cc1C(=O)N(C)C1CCN(Cc2ccccc2)CC1. The Bertz CT molecular complexity index is 896. The van der Waals surface area contributed by atoms with Gasteiger partial charge in [-0.15, -0.1) is 0 Å². The molecule has 0 aromatic heterocycles. The molecular formula is C23H28ClN3O3. The normalized spacial score (nSPS) is 14.9. The highest BCUT2D eigenvalue weighted by atomic mass is 35.5. The number of methoxy groups -OCH3 is 1. The molecule has 2 amide bonds. The summed E-state index contributed by atoms with van der Waals surface area (Å²) >= 11 is 6.29. The number of anilines is 1. The number of rotatable bonds is 6. The average molecular weight is 430 g/mol. The minimum absolute atomic E-state index is 0.135. The second-order valence-electron chi connectivity index (χ2n) is 7.62. The molecule has 30 heavy (non-hydrogen) atoms. The molecule has 0 saturated carbocycles. The fourth-order valence-corrected chi connectivity index (χ4v) is 4.05. The van der Waals surface area contributed by atoms with Crippen LogP contribution in [0.25, 0.3) is 0 Å². The molecule has 160 valence electrons. The summed E-state index contributed by atoms with van der Waals surface area (Å²) in [6.45, 7) is 4.21. The van der Waals surface area contributed by atoms with Gasteiger partial charge in [-0.3, -0.25) is 14.5 Å². The van der Waals surface area contributed by atoms with E-state index in [0.717, 1.165) is 32.5 Å². The Morgan fingerprint density at radius 2 is 1.87 bits per heavy atom. The average Bonchev–Trinajstić information content (AvgIpc) is 2.75. The van der Waals surface area contributed by atoms with E-state index in [2.05, 4.69) is 34.5 Å². The summed E-state index contributed by atoms with van der Waals surface area (Å²) in [7, 11) is 3.33. The smallest absolute Gasteiger partial charge is 0.257 e. The number of benzene rings is 2. The van der Waals surface area contributed by atoms with Crippen LogP contribution in [-0.2, 0) is 11.3 Å². The Morgan fingerprint density at radius 1 is 1.20 bits per heavy atom. The summed E-state index contributed by atoms with van der Waals surface area (Å²) in [4.78, 5) is 28.7. The van der Waals surface area contributed by atoms with E-state index in [1.54, 1.807) is 17.0 Å². The van der Waals surface area contributed by atoms with Crippen LogP contribution in [0.4, 0.5) is 5.69 Å². The van der Waals surface area contributed by atoms with E-state index in [9.17, 15) is 9.59 Å². The van der Waals surface area contributed by atoms with Gasteiger partial charge in [0, 0.05) is 45.7 Å². The largest absolute Gasteiger partial charge is 0.496 e. The first kappa shape index (κ1) is 22.1. The van der Waals surface area contributed by atoms with Gasteiger partial charge in [0.2, 0.25) is 5.91 Å². The second-order valence-corrected chi connectivity index (χ2v) is 8.03. The Labute approximate surface area is 182 Å². The zero-order valence-corrected chi connectivity index (χ0v) is 18.4. The first-order chi connectivity index (χ1) is 14.4. The minimum Gasteiger partial charge on any atom is -0.496 e. The van der Waals surface area contributed by atoms with Crippen LogP contribution >= 0.6 is 11.6 Å². The highest BCUT2D eigenvalue weighted by Crippen LogP contribution is 2.32. The molecule has 1 saturated heterocycles. The summed E-state index contributed by atoms with van der Waals surface area (Å²) < 4.78 is 5.40. The fourth-order valence-electron chi connectivity index (χ4n) is 3.84. The van der Waals surface area contributed by atoms with Gasteiger partial charge in [-0.2, -0.15) is 0 Å². The standard InChI is InChI=1S/C23H28ClN3O3/c1-16(28)25-21-14-22(30-3)19(13-20(21)24)23(29)26(2)18-9-11-27(12-10-18)15-17-7-5-4-6-8-17/h4-8,13-14,18H,9-12,15H2,1-3H3,(H,25,28). The van der Waals surface area contributed by atoms with Crippen molar-refractivity contribution in [2.45, 2.75) is 32.4 Å². The Morgan fingerprint density at radius 3 is 2.47 bits per heavy atom. The topological polar surface area (TPSA) is 61.9 Å². The van der Waals surface area contributed by atoms with Crippen molar-refractivity contribution in [3.8, 4) is 5.75 Å². The third kappa shape index (κ3) is 5.32. The molecule has 6 nitrogen and oxygen atoms in total. The van der Waals surface area contributed by atoms with Crippen molar-refractivity contribution in [2.24, 2.45) is 0 Å². The first-order valence-electron chi connectivity index (χ1n) is 10.1. The van der Waals surface area contributed by atoms with Crippen molar-refractivity contribution in [2.75, 3.05) is 32.6 Å². The number of nitrogens with zero attached hydrogens (tertiary/aromatic N) is 2. The van der Waals surface area contributed by atoms with E-state index in [4.69, 9.17) is 16.3 Å². The Kier molecular flexibility index (Phi) is 7.34. The van der Waals surface area contributed by atoms with Gasteiger partial charge in [-0.25, -0.2) is 0 Å². The van der Waals surface area contributed by atoms with Crippen molar-refractivity contribution in [3.05, 3.63) is 58.6 Å². The summed E-state index contributed by atoms with van der Waals surface area (Å²) in [5.74, 6) is 0.0172. The lowest BCUT2D eigenvalue weighted by Crippen LogP contribution is -2.45. The number of ether oxygens (including phenoxy) is 1. The number of amides is 2. The lowest BCUT2D eigenvalue weighted by atomic mass is 10.0. The van der Waals surface area contributed by atoms with Gasteiger partial charge in [0.25, 0.3) is 5.91 Å². The number of nitrogens with one attached hydrogen (secondary N) is 1. The van der Waals surface area contributed by atoms with Crippen LogP contribution < -0.4 is 10.1 Å². The lowest BCUT2D eigenvalue weighted by Gasteiger charge is -2.37. The Hall–Kier alpha value is -2.57. The van der Waals surface area contributed by atoms with Gasteiger partial charge in [0.15, 0.2) is 0 Å². The molecule has 0 unspecified atom stereocenters. The third-order valence-corrected chi connectivity index (χ3v) is 5.82. The maximum Gasteiger partial charge on any atom is 0.257 e. The first-order valence-corrected chi connectivity index (χ1v) is 10.5. The van der Waals surface area contributed by atoms with Crippen LogP contribution in [0, 0.1) is 0 Å². The molecule has 0 radical (unpaired) electrons. The predicted molar refractivity (Wildman–Crippen MR) is 119 cm³/mol. The van der Waals surface area contributed by atoms with Gasteiger partial charge in [-0.1, -0.05) is 41.9 Å². The summed E-state index contributed by atoms with van der Waals surface area (Å²) in [6, 6.07) is 13.7. The number of piperidine rings is 1. The van der Waals surface area contributed by atoms with Gasteiger partial charge in [0.1, 0.15) is 5.75 Å². The molecule has 0 spiro atoms. The summed E-state index contributed by atoms with van der Waals surface area (Å²) in [6.07, 6.45) is 1.82. The number of hydrogen-bond acceptors (Lipinski definition) is 4. The van der Waals surface area contributed by atoms with Gasteiger partial charge < -0.3 is 15.0 Å². The van der Waals surface area contributed by atoms with E-state index in [-0.39, 0.29) is 17.9 Å². The number of hydrogen-bond donors (Lipinski definition) is 1. The molecule has 1 fully saturated rings. The molecule has 7 heteroatoms. The monoisotopic (exact) mass is 429 g/mol.